The second kappa shape index (κ2) is 9.89. The molecule has 3 aromatic rings. The van der Waals surface area contributed by atoms with E-state index in [9.17, 15) is 13.2 Å². The van der Waals surface area contributed by atoms with Gasteiger partial charge in [-0.25, -0.2) is 17.5 Å². The molecule has 3 rings (SSSR count). The predicted octanol–water partition coefficient (Wildman–Crippen LogP) is 3.23. The molecular weight excluding hydrogens is 402 g/mol. The first-order chi connectivity index (χ1) is 14.5. The van der Waals surface area contributed by atoms with Gasteiger partial charge in [-0.3, -0.25) is 4.98 Å². The number of nitrogens with zero attached hydrogens (tertiary/aromatic N) is 2. The number of ether oxygens (including phenoxy) is 1. The lowest BCUT2D eigenvalue weighted by Crippen LogP contribution is -2.43. The summed E-state index contributed by atoms with van der Waals surface area (Å²) in [5, 5.41) is 2.71. The molecule has 0 atom stereocenters. The van der Waals surface area contributed by atoms with Crippen LogP contribution in [-0.2, 0) is 23.0 Å². The van der Waals surface area contributed by atoms with Gasteiger partial charge in [-0.1, -0.05) is 42.5 Å². The summed E-state index contributed by atoms with van der Waals surface area (Å²) in [5.41, 5.74) is 1.70. The lowest BCUT2D eigenvalue weighted by molar-refractivity contribution is 0.222. The fraction of sp³-hybridized carbons (Fsp3) is 0.182. The van der Waals surface area contributed by atoms with Crippen LogP contribution < -0.4 is 10.1 Å². The predicted molar refractivity (Wildman–Crippen MR) is 114 cm³/mol. The maximum atomic E-state index is 13.1. The third kappa shape index (κ3) is 5.36. The molecule has 156 valence electrons. The first-order valence-electron chi connectivity index (χ1n) is 9.38. The van der Waals surface area contributed by atoms with E-state index in [-0.39, 0.29) is 11.4 Å². The van der Waals surface area contributed by atoms with Gasteiger partial charge >= 0.3 is 6.03 Å². The summed E-state index contributed by atoms with van der Waals surface area (Å²) in [6.45, 7) is 0.197. The molecule has 0 aliphatic rings. The van der Waals surface area contributed by atoms with Crippen molar-refractivity contribution in [3.8, 4) is 5.75 Å². The van der Waals surface area contributed by atoms with Crippen molar-refractivity contribution in [2.45, 2.75) is 17.9 Å². The van der Waals surface area contributed by atoms with Crippen LogP contribution in [0.2, 0.25) is 0 Å². The smallest absolute Gasteiger partial charge is 0.331 e. The summed E-state index contributed by atoms with van der Waals surface area (Å²) < 4.78 is 32.2. The maximum absolute atomic E-state index is 13.1. The van der Waals surface area contributed by atoms with Crippen LogP contribution in [0, 0.1) is 0 Å². The van der Waals surface area contributed by atoms with Crippen LogP contribution in [0.3, 0.4) is 0 Å². The van der Waals surface area contributed by atoms with Crippen molar-refractivity contribution in [1.82, 2.24) is 14.6 Å². The van der Waals surface area contributed by atoms with Gasteiger partial charge in [-0.05, 0) is 41.8 Å². The number of hydrogen-bond acceptors (Lipinski definition) is 5. The van der Waals surface area contributed by atoms with E-state index in [1.807, 2.05) is 30.3 Å². The first kappa shape index (κ1) is 21.3. The van der Waals surface area contributed by atoms with Crippen LogP contribution in [0.15, 0.2) is 84.0 Å². The molecule has 1 aromatic heterocycles. The van der Waals surface area contributed by atoms with E-state index in [1.54, 1.807) is 31.4 Å². The Morgan fingerprint density at radius 1 is 1.00 bits per heavy atom. The van der Waals surface area contributed by atoms with E-state index in [1.165, 1.54) is 24.5 Å². The number of benzene rings is 2. The van der Waals surface area contributed by atoms with Crippen LogP contribution in [0.5, 0.6) is 5.75 Å². The Balaban J connectivity index is 1.79. The molecule has 8 heteroatoms. The van der Waals surface area contributed by atoms with E-state index >= 15 is 0 Å². The van der Waals surface area contributed by atoms with Gasteiger partial charge in [0.2, 0.25) is 0 Å². The summed E-state index contributed by atoms with van der Waals surface area (Å²) >= 11 is 0. The standard InChI is InChI=1S/C22H23N3O4S/c1-29-20-11-9-19(10-12-20)17-25(30(27,28)21-8-5-14-23-16-21)22(26)24-15-13-18-6-3-2-4-7-18/h2-12,14,16H,13,15,17H2,1H3,(H,24,26). The first-order valence-corrected chi connectivity index (χ1v) is 10.8. The molecule has 2 aromatic carbocycles. The fourth-order valence-corrected chi connectivity index (χ4v) is 4.14. The Morgan fingerprint density at radius 3 is 2.37 bits per heavy atom. The summed E-state index contributed by atoms with van der Waals surface area (Å²) in [5.74, 6) is 0.646. The molecular formula is C22H23N3O4S. The Hall–Kier alpha value is -3.39. The highest BCUT2D eigenvalue weighted by atomic mass is 32.2. The number of rotatable bonds is 8. The van der Waals surface area contributed by atoms with Crippen LogP contribution in [0.4, 0.5) is 4.79 Å². The molecule has 0 saturated heterocycles. The fourth-order valence-electron chi connectivity index (χ4n) is 2.84. The summed E-state index contributed by atoms with van der Waals surface area (Å²) in [4.78, 5) is 16.7. The Bertz CT molecular complexity index is 1060. The van der Waals surface area contributed by atoms with Crippen LogP contribution in [0.25, 0.3) is 0 Å². The molecule has 7 nitrogen and oxygen atoms in total. The minimum atomic E-state index is -4.08. The number of sulfonamides is 1. The largest absolute Gasteiger partial charge is 0.497 e. The monoisotopic (exact) mass is 425 g/mol. The van der Waals surface area contributed by atoms with Gasteiger partial charge in [-0.15, -0.1) is 0 Å². The zero-order chi connectivity index (χ0) is 21.4. The molecule has 1 heterocycles. The highest BCUT2D eigenvalue weighted by Crippen LogP contribution is 2.19. The van der Waals surface area contributed by atoms with Crippen LogP contribution >= 0.6 is 0 Å². The molecule has 0 spiro atoms. The number of amides is 2. The van der Waals surface area contributed by atoms with E-state index in [4.69, 9.17) is 4.74 Å². The minimum Gasteiger partial charge on any atom is -0.497 e. The highest BCUT2D eigenvalue weighted by Gasteiger charge is 2.29. The molecule has 0 bridgehead atoms. The number of urea groups is 1. The van der Waals surface area contributed by atoms with Crippen molar-refractivity contribution >= 4 is 16.1 Å². The van der Waals surface area contributed by atoms with Crippen molar-refractivity contribution in [3.63, 3.8) is 0 Å². The minimum absolute atomic E-state index is 0.0447. The third-order valence-corrected chi connectivity index (χ3v) is 6.18. The number of carbonyl (C=O) groups is 1. The molecule has 0 unspecified atom stereocenters. The number of aromatic nitrogens is 1. The summed E-state index contributed by atoms with van der Waals surface area (Å²) in [6, 6.07) is 18.8. The number of nitrogens with one attached hydrogen (secondary N) is 1. The van der Waals surface area contributed by atoms with Crippen molar-refractivity contribution in [3.05, 3.63) is 90.3 Å². The molecule has 0 radical (unpaired) electrons. The number of methoxy groups -OCH3 is 1. The van der Waals surface area contributed by atoms with Gasteiger partial charge in [0.25, 0.3) is 10.0 Å². The Morgan fingerprint density at radius 2 is 1.73 bits per heavy atom. The molecule has 0 aliphatic carbocycles. The number of pyridine rings is 1. The maximum Gasteiger partial charge on any atom is 0.331 e. The molecule has 0 aliphatic heterocycles. The van der Waals surface area contributed by atoms with E-state index in [0.29, 0.717) is 24.3 Å². The topological polar surface area (TPSA) is 88.6 Å². The van der Waals surface area contributed by atoms with Crippen molar-refractivity contribution in [1.29, 1.82) is 0 Å². The lowest BCUT2D eigenvalue weighted by atomic mass is 10.1. The Kier molecular flexibility index (Phi) is 7.03. The average Bonchev–Trinajstić information content (AvgIpc) is 2.79. The number of hydrogen-bond donors (Lipinski definition) is 1. The molecule has 0 saturated carbocycles. The van der Waals surface area contributed by atoms with Crippen molar-refractivity contribution in [2.24, 2.45) is 0 Å². The van der Waals surface area contributed by atoms with Gasteiger partial charge in [0.05, 0.1) is 13.7 Å². The van der Waals surface area contributed by atoms with Gasteiger partial charge in [0.15, 0.2) is 0 Å². The SMILES string of the molecule is COc1ccc(CN(C(=O)NCCc2ccccc2)S(=O)(=O)c2cccnc2)cc1. The van der Waals surface area contributed by atoms with Gasteiger partial charge in [-0.2, -0.15) is 0 Å². The van der Waals surface area contributed by atoms with Gasteiger partial charge < -0.3 is 10.1 Å². The number of carbonyl (C=O) groups excluding carboxylic acids is 1. The molecule has 2 amide bonds. The average molecular weight is 426 g/mol. The normalized spacial score (nSPS) is 11.0. The lowest BCUT2D eigenvalue weighted by Gasteiger charge is -2.23. The van der Waals surface area contributed by atoms with Gasteiger partial charge in [0.1, 0.15) is 10.6 Å². The van der Waals surface area contributed by atoms with E-state index in [2.05, 4.69) is 10.3 Å². The van der Waals surface area contributed by atoms with E-state index in [0.717, 1.165) is 9.87 Å². The zero-order valence-corrected chi connectivity index (χ0v) is 17.4. The Labute approximate surface area is 176 Å². The third-order valence-electron chi connectivity index (χ3n) is 4.47. The van der Waals surface area contributed by atoms with E-state index < -0.39 is 16.1 Å². The van der Waals surface area contributed by atoms with Crippen molar-refractivity contribution in [2.75, 3.05) is 13.7 Å². The second-order valence-corrected chi connectivity index (χ2v) is 8.38. The second-order valence-electron chi connectivity index (χ2n) is 6.52. The van der Waals surface area contributed by atoms with Crippen LogP contribution in [-0.4, -0.2) is 37.4 Å². The quantitative estimate of drug-likeness (QED) is 0.599. The molecule has 1 N–H and O–H groups in total. The zero-order valence-electron chi connectivity index (χ0n) is 16.6. The van der Waals surface area contributed by atoms with Gasteiger partial charge in [0, 0.05) is 18.9 Å². The highest BCUT2D eigenvalue weighted by molar-refractivity contribution is 7.89. The molecule has 30 heavy (non-hydrogen) atoms. The van der Waals surface area contributed by atoms with Crippen molar-refractivity contribution < 1.29 is 17.9 Å². The summed E-state index contributed by atoms with van der Waals surface area (Å²) in [7, 11) is -2.53. The summed E-state index contributed by atoms with van der Waals surface area (Å²) in [6.07, 6.45) is 3.30. The van der Waals surface area contributed by atoms with Crippen LogP contribution in [0.1, 0.15) is 11.1 Å². The molecule has 0 fully saturated rings.